The lowest BCUT2D eigenvalue weighted by molar-refractivity contribution is 0.0957. The molecule has 2 aromatic heterocycles. The highest BCUT2D eigenvalue weighted by Crippen LogP contribution is 2.39. The zero-order valence-electron chi connectivity index (χ0n) is 14.5. The van der Waals surface area contributed by atoms with Crippen LogP contribution in [-0.2, 0) is 5.54 Å². The highest BCUT2D eigenvalue weighted by Gasteiger charge is 2.42. The van der Waals surface area contributed by atoms with Crippen LogP contribution in [0.2, 0.25) is 0 Å². The summed E-state index contributed by atoms with van der Waals surface area (Å²) < 4.78 is 0. The van der Waals surface area contributed by atoms with Gasteiger partial charge in [-0.3, -0.25) is 4.79 Å². The van der Waals surface area contributed by atoms with Crippen LogP contribution in [0, 0.1) is 13.8 Å². The molecule has 1 amide bonds. The average molecular weight is 326 g/mol. The Morgan fingerprint density at radius 1 is 1.21 bits per heavy atom. The van der Waals surface area contributed by atoms with Crippen LogP contribution in [0.3, 0.4) is 0 Å². The summed E-state index contributed by atoms with van der Waals surface area (Å²) >= 11 is 0. The number of carbonyl (C=O) groups excluding carboxylic acids is 1. The Balaban J connectivity index is 2.06. The fraction of sp³-hybridized carbons (Fsp3) is 0.471. The van der Waals surface area contributed by atoms with Gasteiger partial charge in [0.2, 0.25) is 0 Å². The third-order valence-electron chi connectivity index (χ3n) is 4.50. The van der Waals surface area contributed by atoms with Crippen molar-refractivity contribution in [2.24, 2.45) is 0 Å². The number of nitrogens with zero attached hydrogens (tertiary/aromatic N) is 5. The van der Waals surface area contributed by atoms with Gasteiger partial charge in [0.1, 0.15) is 17.8 Å². The standard InChI is InChI=1S/C17H22N6O/c1-11-9-14(20-10-19-11)23-7-5-6-17(23,3)16-21-12(2)8-13(22-16)15(24)18-4/h8-10H,5-7H2,1-4H3,(H,18,24)/t17-/m0/s1. The van der Waals surface area contributed by atoms with E-state index in [2.05, 4.69) is 37.1 Å². The number of hydrogen-bond acceptors (Lipinski definition) is 6. The molecule has 24 heavy (non-hydrogen) atoms. The van der Waals surface area contributed by atoms with E-state index in [1.165, 1.54) is 0 Å². The lowest BCUT2D eigenvalue weighted by Crippen LogP contribution is -2.41. The van der Waals surface area contributed by atoms with Crippen molar-refractivity contribution in [3.8, 4) is 0 Å². The minimum absolute atomic E-state index is 0.201. The molecule has 0 bridgehead atoms. The first kappa shape index (κ1) is 16.3. The van der Waals surface area contributed by atoms with E-state index in [0.717, 1.165) is 36.6 Å². The molecule has 3 rings (SSSR count). The van der Waals surface area contributed by atoms with E-state index >= 15 is 0 Å². The van der Waals surface area contributed by atoms with Gasteiger partial charge in [-0.1, -0.05) is 0 Å². The van der Waals surface area contributed by atoms with Crippen molar-refractivity contribution in [2.45, 2.75) is 39.2 Å². The molecule has 0 spiro atoms. The molecule has 3 heterocycles. The predicted octanol–water partition coefficient (Wildman–Crippen LogP) is 1.76. The molecule has 1 fully saturated rings. The van der Waals surface area contributed by atoms with Gasteiger partial charge in [0.15, 0.2) is 5.82 Å². The van der Waals surface area contributed by atoms with Gasteiger partial charge >= 0.3 is 0 Å². The van der Waals surface area contributed by atoms with Crippen LogP contribution < -0.4 is 10.2 Å². The summed E-state index contributed by atoms with van der Waals surface area (Å²) in [6, 6.07) is 3.68. The molecule has 7 heteroatoms. The van der Waals surface area contributed by atoms with Crippen LogP contribution in [0.25, 0.3) is 0 Å². The van der Waals surface area contributed by atoms with Gasteiger partial charge < -0.3 is 10.2 Å². The molecular weight excluding hydrogens is 304 g/mol. The summed E-state index contributed by atoms with van der Waals surface area (Å²) in [5, 5.41) is 2.63. The normalized spacial score (nSPS) is 20.2. The molecule has 0 aliphatic carbocycles. The summed E-state index contributed by atoms with van der Waals surface area (Å²) in [4.78, 5) is 32.0. The van der Waals surface area contributed by atoms with E-state index in [-0.39, 0.29) is 5.91 Å². The van der Waals surface area contributed by atoms with Crippen LogP contribution >= 0.6 is 0 Å². The number of aromatic nitrogens is 4. The molecular formula is C17H22N6O. The highest BCUT2D eigenvalue weighted by atomic mass is 16.1. The predicted molar refractivity (Wildman–Crippen MR) is 90.9 cm³/mol. The number of anilines is 1. The summed E-state index contributed by atoms with van der Waals surface area (Å²) in [6.07, 6.45) is 3.51. The summed E-state index contributed by atoms with van der Waals surface area (Å²) in [6.45, 7) is 6.82. The number of nitrogens with one attached hydrogen (secondary N) is 1. The number of rotatable bonds is 3. The third kappa shape index (κ3) is 2.81. The number of aryl methyl sites for hydroxylation is 2. The van der Waals surface area contributed by atoms with Gasteiger partial charge in [-0.05, 0) is 39.7 Å². The topological polar surface area (TPSA) is 83.9 Å². The summed E-state index contributed by atoms with van der Waals surface area (Å²) in [7, 11) is 1.60. The monoisotopic (exact) mass is 326 g/mol. The van der Waals surface area contributed by atoms with Crippen LogP contribution in [-0.4, -0.2) is 39.4 Å². The summed E-state index contributed by atoms with van der Waals surface area (Å²) in [5.41, 5.74) is 1.71. The van der Waals surface area contributed by atoms with Crippen molar-refractivity contribution in [3.05, 3.63) is 41.4 Å². The Morgan fingerprint density at radius 3 is 2.71 bits per heavy atom. The van der Waals surface area contributed by atoms with E-state index in [9.17, 15) is 4.79 Å². The van der Waals surface area contributed by atoms with Crippen LogP contribution in [0.1, 0.15) is 47.5 Å². The minimum atomic E-state index is -0.393. The van der Waals surface area contributed by atoms with Crippen LogP contribution in [0.15, 0.2) is 18.5 Å². The fourth-order valence-electron chi connectivity index (χ4n) is 3.20. The molecule has 1 saturated heterocycles. The smallest absolute Gasteiger partial charge is 0.269 e. The van der Waals surface area contributed by atoms with Crippen molar-refractivity contribution in [1.29, 1.82) is 0 Å². The molecule has 2 aromatic rings. The molecule has 1 aliphatic heterocycles. The SMILES string of the molecule is CNC(=O)c1cc(C)nc([C@]2(C)CCCN2c2cc(C)ncn2)n1. The Hall–Kier alpha value is -2.57. The van der Waals surface area contributed by atoms with E-state index in [0.29, 0.717) is 11.5 Å². The van der Waals surface area contributed by atoms with Crippen molar-refractivity contribution in [3.63, 3.8) is 0 Å². The van der Waals surface area contributed by atoms with Gasteiger partial charge in [-0.25, -0.2) is 19.9 Å². The first-order chi connectivity index (χ1) is 11.4. The lowest BCUT2D eigenvalue weighted by atomic mass is 9.97. The molecule has 1 atom stereocenters. The molecule has 7 nitrogen and oxygen atoms in total. The number of amides is 1. The van der Waals surface area contributed by atoms with Gasteiger partial charge in [-0.2, -0.15) is 0 Å². The Morgan fingerprint density at radius 2 is 2.00 bits per heavy atom. The average Bonchev–Trinajstić information content (AvgIpc) is 2.96. The van der Waals surface area contributed by atoms with E-state index in [1.807, 2.05) is 19.9 Å². The van der Waals surface area contributed by atoms with Crippen molar-refractivity contribution in [1.82, 2.24) is 25.3 Å². The van der Waals surface area contributed by atoms with E-state index in [1.54, 1.807) is 19.4 Å². The van der Waals surface area contributed by atoms with Gasteiger partial charge in [0.05, 0.1) is 5.54 Å². The molecule has 1 aliphatic rings. The second kappa shape index (κ2) is 6.14. The third-order valence-corrected chi connectivity index (χ3v) is 4.50. The zero-order chi connectivity index (χ0) is 17.3. The maximum atomic E-state index is 12.0. The molecule has 0 unspecified atom stereocenters. The molecule has 0 radical (unpaired) electrons. The lowest BCUT2D eigenvalue weighted by Gasteiger charge is -2.35. The largest absolute Gasteiger partial charge is 0.354 e. The highest BCUT2D eigenvalue weighted by molar-refractivity contribution is 5.92. The van der Waals surface area contributed by atoms with Gasteiger partial charge in [-0.15, -0.1) is 0 Å². The number of carbonyl (C=O) groups is 1. The molecule has 0 aromatic carbocycles. The van der Waals surface area contributed by atoms with Gasteiger partial charge in [0.25, 0.3) is 5.91 Å². The van der Waals surface area contributed by atoms with Gasteiger partial charge in [0, 0.05) is 31.0 Å². The fourth-order valence-corrected chi connectivity index (χ4v) is 3.20. The zero-order valence-corrected chi connectivity index (χ0v) is 14.5. The Kier molecular flexibility index (Phi) is 4.17. The molecule has 0 saturated carbocycles. The Bertz CT molecular complexity index is 777. The molecule has 1 N–H and O–H groups in total. The maximum absolute atomic E-state index is 12.0. The van der Waals surface area contributed by atoms with Crippen molar-refractivity contribution in [2.75, 3.05) is 18.5 Å². The van der Waals surface area contributed by atoms with E-state index in [4.69, 9.17) is 0 Å². The first-order valence-corrected chi connectivity index (χ1v) is 8.08. The second-order valence-corrected chi connectivity index (χ2v) is 6.34. The summed E-state index contributed by atoms with van der Waals surface area (Å²) in [5.74, 6) is 1.33. The first-order valence-electron chi connectivity index (χ1n) is 8.08. The van der Waals surface area contributed by atoms with Crippen molar-refractivity contribution >= 4 is 11.7 Å². The van der Waals surface area contributed by atoms with E-state index < -0.39 is 5.54 Å². The second-order valence-electron chi connectivity index (χ2n) is 6.34. The minimum Gasteiger partial charge on any atom is -0.354 e. The Labute approximate surface area is 141 Å². The number of hydrogen-bond donors (Lipinski definition) is 1. The van der Waals surface area contributed by atoms with Crippen LogP contribution in [0.5, 0.6) is 0 Å². The van der Waals surface area contributed by atoms with Crippen LogP contribution in [0.4, 0.5) is 5.82 Å². The quantitative estimate of drug-likeness (QED) is 0.925. The maximum Gasteiger partial charge on any atom is 0.269 e. The van der Waals surface area contributed by atoms with Crippen molar-refractivity contribution < 1.29 is 4.79 Å². The molecule has 126 valence electrons.